The van der Waals surface area contributed by atoms with Gasteiger partial charge in [-0.05, 0) is 48.2 Å². The minimum absolute atomic E-state index is 0.191. The van der Waals surface area contributed by atoms with Crippen LogP contribution in [0.25, 0.3) is 16.3 Å². The first-order valence-corrected chi connectivity index (χ1v) is 9.19. The van der Waals surface area contributed by atoms with E-state index in [1.165, 1.54) is 0 Å². The van der Waals surface area contributed by atoms with E-state index in [1.54, 1.807) is 24.3 Å². The largest absolute Gasteiger partial charge is 0.417 e. The number of aromatic nitrogens is 1. The molecule has 140 valence electrons. The highest BCUT2D eigenvalue weighted by Crippen LogP contribution is 2.37. The number of hydrogen-bond donors (Lipinski definition) is 1. The first-order valence-electron chi connectivity index (χ1n) is 8.11. The lowest BCUT2D eigenvalue weighted by Crippen LogP contribution is -2.46. The molecule has 3 nitrogen and oxygen atoms in total. The van der Waals surface area contributed by atoms with Gasteiger partial charge in [-0.15, -0.1) is 0 Å². The number of pyridine rings is 1. The van der Waals surface area contributed by atoms with Gasteiger partial charge in [0.25, 0.3) is 0 Å². The zero-order chi connectivity index (χ0) is 19.1. The predicted octanol–water partition coefficient (Wildman–Crippen LogP) is 4.87. The summed E-state index contributed by atoms with van der Waals surface area (Å²) in [5.74, 6) is 0. The molecule has 1 aliphatic heterocycles. The van der Waals surface area contributed by atoms with Gasteiger partial charge in [0.1, 0.15) is 9.87 Å². The van der Waals surface area contributed by atoms with E-state index >= 15 is 0 Å². The maximum absolute atomic E-state index is 14.3. The van der Waals surface area contributed by atoms with Gasteiger partial charge in [-0.3, -0.25) is 0 Å². The smallest absolute Gasteiger partial charge is 0.379 e. The summed E-state index contributed by atoms with van der Waals surface area (Å²) in [6, 6.07) is 6.31. The van der Waals surface area contributed by atoms with Crippen LogP contribution in [0.1, 0.15) is 12.1 Å². The lowest BCUT2D eigenvalue weighted by Gasteiger charge is -2.33. The van der Waals surface area contributed by atoms with Crippen molar-refractivity contribution in [3.05, 3.63) is 40.2 Å². The molecular weight excluding hydrogens is 461 g/mol. The van der Waals surface area contributed by atoms with Crippen LogP contribution in [0.3, 0.4) is 0 Å². The fourth-order valence-electron chi connectivity index (χ4n) is 3.15. The van der Waals surface area contributed by atoms with E-state index in [0.29, 0.717) is 33.1 Å². The van der Waals surface area contributed by atoms with Crippen molar-refractivity contribution in [2.24, 2.45) is 0 Å². The van der Waals surface area contributed by atoms with E-state index in [9.17, 15) is 17.6 Å². The minimum Gasteiger partial charge on any atom is -0.379 e. The van der Waals surface area contributed by atoms with Gasteiger partial charge < -0.3 is 10.2 Å². The minimum atomic E-state index is -4.56. The molecule has 0 amide bonds. The SMILES string of the molecule is C=C(c1nc(I)cc2c(N[C@@H]3CCN(C)C[C@@H]3F)cccc12)C(F)(F)F. The van der Waals surface area contributed by atoms with Crippen molar-refractivity contribution in [2.75, 3.05) is 25.5 Å². The lowest BCUT2D eigenvalue weighted by atomic mass is 10.0. The number of benzene rings is 1. The Morgan fingerprint density at radius 1 is 1.35 bits per heavy atom. The van der Waals surface area contributed by atoms with Gasteiger partial charge >= 0.3 is 6.18 Å². The van der Waals surface area contributed by atoms with Gasteiger partial charge in [-0.25, -0.2) is 9.37 Å². The topological polar surface area (TPSA) is 28.2 Å². The Labute approximate surface area is 162 Å². The molecule has 3 rings (SSSR count). The molecule has 1 aromatic heterocycles. The van der Waals surface area contributed by atoms with Crippen LogP contribution in [-0.4, -0.2) is 48.4 Å². The number of fused-ring (bicyclic) bond motifs is 1. The molecule has 26 heavy (non-hydrogen) atoms. The number of hydrogen-bond acceptors (Lipinski definition) is 3. The molecule has 8 heteroatoms. The number of allylic oxidation sites excluding steroid dienone is 1. The van der Waals surface area contributed by atoms with Gasteiger partial charge in [-0.1, -0.05) is 18.7 Å². The normalized spacial score (nSPS) is 21.8. The van der Waals surface area contributed by atoms with Crippen molar-refractivity contribution in [3.8, 4) is 0 Å². The molecule has 0 radical (unpaired) electrons. The molecule has 1 aromatic carbocycles. The molecule has 0 bridgehead atoms. The van der Waals surface area contributed by atoms with E-state index < -0.39 is 17.9 Å². The summed E-state index contributed by atoms with van der Waals surface area (Å²) in [6.07, 6.45) is -4.99. The first-order chi connectivity index (χ1) is 12.2. The van der Waals surface area contributed by atoms with E-state index in [0.717, 1.165) is 6.54 Å². The molecule has 1 fully saturated rings. The highest BCUT2D eigenvalue weighted by Gasteiger charge is 2.35. The highest BCUT2D eigenvalue weighted by atomic mass is 127. The quantitative estimate of drug-likeness (QED) is 0.387. The summed E-state index contributed by atoms with van der Waals surface area (Å²) in [5, 5.41) is 4.11. The molecule has 1 N–H and O–H groups in total. The zero-order valence-electron chi connectivity index (χ0n) is 14.1. The third kappa shape index (κ3) is 3.95. The van der Waals surface area contributed by atoms with Crippen LogP contribution in [0.5, 0.6) is 0 Å². The van der Waals surface area contributed by atoms with Crippen LogP contribution in [-0.2, 0) is 0 Å². The Balaban J connectivity index is 2.03. The maximum Gasteiger partial charge on any atom is 0.417 e. The van der Waals surface area contributed by atoms with E-state index in [-0.39, 0.29) is 11.7 Å². The second kappa shape index (κ2) is 7.30. The molecule has 1 saturated heterocycles. The molecule has 2 aromatic rings. The predicted molar refractivity (Wildman–Crippen MR) is 104 cm³/mol. The molecule has 1 aliphatic rings. The van der Waals surface area contributed by atoms with E-state index in [4.69, 9.17) is 0 Å². The summed E-state index contributed by atoms with van der Waals surface area (Å²) < 4.78 is 54.2. The summed E-state index contributed by atoms with van der Waals surface area (Å²) in [4.78, 5) is 5.96. The standard InChI is InChI=1S/C18H18F4IN3/c1-10(18(20,21)22)17-11-4-3-5-14(12(11)8-16(23)25-17)24-15-6-7-26(2)9-13(15)19/h3-5,8,13,15,24H,1,6-7,9H2,2H3/t13-,15+/m0/s1. The van der Waals surface area contributed by atoms with Crippen molar-refractivity contribution in [2.45, 2.75) is 24.8 Å². The van der Waals surface area contributed by atoms with Crippen LogP contribution in [0.4, 0.5) is 23.2 Å². The third-order valence-corrected chi connectivity index (χ3v) is 5.11. The van der Waals surface area contributed by atoms with Crippen molar-refractivity contribution in [3.63, 3.8) is 0 Å². The summed E-state index contributed by atoms with van der Waals surface area (Å²) in [5.41, 5.74) is -0.569. The van der Waals surface area contributed by atoms with Crippen molar-refractivity contribution in [1.29, 1.82) is 0 Å². The summed E-state index contributed by atoms with van der Waals surface area (Å²) >= 11 is 1.88. The van der Waals surface area contributed by atoms with Gasteiger partial charge in [0, 0.05) is 29.5 Å². The average molecular weight is 479 g/mol. The van der Waals surface area contributed by atoms with E-state index in [1.807, 2.05) is 34.5 Å². The van der Waals surface area contributed by atoms with Gasteiger partial charge in [0.05, 0.1) is 17.3 Å². The molecule has 2 atom stereocenters. The van der Waals surface area contributed by atoms with E-state index in [2.05, 4.69) is 16.9 Å². The number of anilines is 1. The van der Waals surface area contributed by atoms with Crippen LogP contribution in [0.2, 0.25) is 0 Å². The van der Waals surface area contributed by atoms with Crippen LogP contribution >= 0.6 is 22.6 Å². The Bertz CT molecular complexity index is 837. The lowest BCUT2D eigenvalue weighted by molar-refractivity contribution is -0.0688. The number of nitrogens with one attached hydrogen (secondary N) is 1. The van der Waals surface area contributed by atoms with Gasteiger partial charge in [-0.2, -0.15) is 13.2 Å². The Hall–Kier alpha value is -1.42. The Morgan fingerprint density at radius 2 is 2.08 bits per heavy atom. The number of piperidine rings is 1. The van der Waals surface area contributed by atoms with Gasteiger partial charge in [0.15, 0.2) is 0 Å². The molecule has 2 heterocycles. The fourth-order valence-corrected chi connectivity index (χ4v) is 3.71. The Morgan fingerprint density at radius 3 is 2.73 bits per heavy atom. The first kappa shape index (κ1) is 19.3. The van der Waals surface area contributed by atoms with Crippen molar-refractivity contribution >= 4 is 44.6 Å². The second-order valence-corrected chi connectivity index (χ2v) is 7.59. The molecular formula is C18H18F4IN3. The molecule has 0 aliphatic carbocycles. The number of nitrogens with zero attached hydrogens (tertiary/aromatic N) is 2. The van der Waals surface area contributed by atoms with Crippen molar-refractivity contribution < 1.29 is 17.6 Å². The number of likely N-dealkylation sites (tertiary alicyclic amines) is 1. The number of alkyl halides is 4. The van der Waals surface area contributed by atoms with Crippen LogP contribution in [0.15, 0.2) is 30.8 Å². The molecule has 0 unspecified atom stereocenters. The average Bonchev–Trinajstić information content (AvgIpc) is 2.55. The second-order valence-electron chi connectivity index (χ2n) is 6.49. The summed E-state index contributed by atoms with van der Waals surface area (Å²) in [7, 11) is 1.86. The van der Waals surface area contributed by atoms with Crippen LogP contribution < -0.4 is 5.32 Å². The fraction of sp³-hybridized carbons (Fsp3) is 0.389. The van der Waals surface area contributed by atoms with Gasteiger partial charge in [0.2, 0.25) is 0 Å². The van der Waals surface area contributed by atoms with Crippen LogP contribution in [0, 0.1) is 3.70 Å². The number of rotatable bonds is 3. The Kier molecular flexibility index (Phi) is 5.43. The molecule has 0 spiro atoms. The monoisotopic (exact) mass is 479 g/mol. The van der Waals surface area contributed by atoms with Crippen molar-refractivity contribution in [1.82, 2.24) is 9.88 Å². The highest BCUT2D eigenvalue weighted by molar-refractivity contribution is 14.1. The number of halogens is 5. The maximum atomic E-state index is 14.3. The summed E-state index contributed by atoms with van der Waals surface area (Å²) in [6.45, 7) is 4.27. The molecule has 0 saturated carbocycles. The zero-order valence-corrected chi connectivity index (χ0v) is 16.2. The third-order valence-electron chi connectivity index (χ3n) is 4.56.